The average molecular weight is 211 g/mol. The van der Waals surface area contributed by atoms with Crippen LogP contribution in [0.1, 0.15) is 53.4 Å². The molecule has 0 rings (SSSR count). The van der Waals surface area contributed by atoms with Crippen LogP contribution in [0.3, 0.4) is 0 Å². The molecular weight excluding hydrogens is 186 g/mol. The Morgan fingerprint density at radius 2 is 1.87 bits per heavy atom. The van der Waals surface area contributed by atoms with E-state index in [1.807, 2.05) is 11.8 Å². The molecule has 0 unspecified atom stereocenters. The second kappa shape index (κ2) is 8.51. The molecule has 0 atom stereocenters. The Hall–Kier alpha value is -0.790. The Balaban J connectivity index is 3.93. The molecule has 15 heavy (non-hydrogen) atoms. The molecule has 0 aromatic rings. The molecule has 0 radical (unpaired) electrons. The maximum atomic E-state index is 11.8. The first-order valence-corrected chi connectivity index (χ1v) is 6.02. The number of hydrogen-bond donors (Lipinski definition) is 0. The van der Waals surface area contributed by atoms with Gasteiger partial charge in [0.2, 0.25) is 5.91 Å². The highest BCUT2D eigenvalue weighted by Gasteiger charge is 2.08. The zero-order chi connectivity index (χ0) is 11.7. The molecule has 0 aromatic heterocycles. The van der Waals surface area contributed by atoms with Crippen LogP contribution in [0.2, 0.25) is 0 Å². The van der Waals surface area contributed by atoms with Gasteiger partial charge >= 0.3 is 0 Å². The van der Waals surface area contributed by atoms with E-state index in [0.29, 0.717) is 12.3 Å². The first-order valence-electron chi connectivity index (χ1n) is 6.02. The number of amides is 1. The molecule has 0 saturated carbocycles. The van der Waals surface area contributed by atoms with Gasteiger partial charge in [-0.15, -0.1) is 0 Å². The summed E-state index contributed by atoms with van der Waals surface area (Å²) < 4.78 is 0. The lowest BCUT2D eigenvalue weighted by molar-refractivity contribution is -0.130. The summed E-state index contributed by atoms with van der Waals surface area (Å²) in [6.45, 7) is 9.91. The van der Waals surface area contributed by atoms with Gasteiger partial charge in [-0.25, -0.2) is 0 Å². The van der Waals surface area contributed by atoms with Gasteiger partial charge in [0.15, 0.2) is 0 Å². The molecule has 0 N–H and O–H groups in total. The van der Waals surface area contributed by atoms with Gasteiger partial charge in [0.25, 0.3) is 0 Å². The molecule has 0 fully saturated rings. The second-order valence-corrected chi connectivity index (χ2v) is 4.17. The summed E-state index contributed by atoms with van der Waals surface area (Å²) in [5.41, 5.74) is 1.27. The number of unbranched alkanes of at least 4 members (excludes halogenated alkanes) is 2. The highest BCUT2D eigenvalue weighted by Crippen LogP contribution is 2.03. The molecule has 0 aliphatic carbocycles. The van der Waals surface area contributed by atoms with Crippen LogP contribution in [0.25, 0.3) is 0 Å². The van der Waals surface area contributed by atoms with Gasteiger partial charge in [-0.2, -0.15) is 0 Å². The number of hydrogen-bond acceptors (Lipinski definition) is 1. The lowest BCUT2D eigenvalue weighted by Gasteiger charge is -2.19. The Morgan fingerprint density at radius 1 is 1.20 bits per heavy atom. The highest BCUT2D eigenvalue weighted by atomic mass is 16.2. The molecule has 0 saturated heterocycles. The van der Waals surface area contributed by atoms with Gasteiger partial charge in [-0.05, 0) is 27.2 Å². The Bertz CT molecular complexity index is 205. The van der Waals surface area contributed by atoms with Gasteiger partial charge in [0.05, 0.1) is 0 Å². The Kier molecular flexibility index (Phi) is 8.06. The van der Waals surface area contributed by atoms with Crippen molar-refractivity contribution in [3.8, 4) is 0 Å². The van der Waals surface area contributed by atoms with E-state index in [9.17, 15) is 4.79 Å². The summed E-state index contributed by atoms with van der Waals surface area (Å²) in [6, 6.07) is 0. The van der Waals surface area contributed by atoms with E-state index in [0.717, 1.165) is 25.9 Å². The molecule has 0 aliphatic heterocycles. The fourth-order valence-corrected chi connectivity index (χ4v) is 1.38. The monoisotopic (exact) mass is 211 g/mol. The van der Waals surface area contributed by atoms with Crippen LogP contribution in [-0.4, -0.2) is 23.9 Å². The van der Waals surface area contributed by atoms with E-state index in [1.165, 1.54) is 12.0 Å². The molecule has 88 valence electrons. The van der Waals surface area contributed by atoms with Crippen LogP contribution in [0, 0.1) is 0 Å². The van der Waals surface area contributed by atoms with E-state index >= 15 is 0 Å². The van der Waals surface area contributed by atoms with E-state index < -0.39 is 0 Å². The number of carbonyl (C=O) groups excluding carboxylic acids is 1. The van der Waals surface area contributed by atoms with Crippen LogP contribution < -0.4 is 0 Å². The van der Waals surface area contributed by atoms with Gasteiger partial charge in [-0.3, -0.25) is 4.79 Å². The topological polar surface area (TPSA) is 20.3 Å². The molecule has 1 amide bonds. The molecule has 2 nitrogen and oxygen atoms in total. The molecule has 0 aromatic carbocycles. The largest absolute Gasteiger partial charge is 0.339 e. The first kappa shape index (κ1) is 14.2. The normalized spacial score (nSPS) is 9.87. The highest BCUT2D eigenvalue weighted by molar-refractivity contribution is 5.76. The van der Waals surface area contributed by atoms with Crippen LogP contribution >= 0.6 is 0 Å². The predicted molar refractivity (Wildman–Crippen MR) is 65.8 cm³/mol. The first-order chi connectivity index (χ1) is 7.11. The maximum absolute atomic E-state index is 11.8. The Labute approximate surface area is 94.4 Å². The average Bonchev–Trinajstić information content (AvgIpc) is 2.18. The fraction of sp³-hybridized carbons (Fsp3) is 0.769. The lowest BCUT2D eigenvalue weighted by atomic mass is 10.2. The third-order valence-electron chi connectivity index (χ3n) is 2.45. The molecule has 0 heterocycles. The number of rotatable bonds is 7. The van der Waals surface area contributed by atoms with Crippen LogP contribution in [0.5, 0.6) is 0 Å². The smallest absolute Gasteiger partial charge is 0.222 e. The van der Waals surface area contributed by atoms with Gasteiger partial charge < -0.3 is 4.90 Å². The third kappa shape index (κ3) is 7.18. The van der Waals surface area contributed by atoms with Crippen molar-refractivity contribution in [3.63, 3.8) is 0 Å². The third-order valence-corrected chi connectivity index (χ3v) is 2.45. The number of carbonyl (C=O) groups is 1. The standard InChI is InChI=1S/C13H25NO/c1-5-7-8-9-13(15)14(6-2)11-10-12(3)4/h10H,5-9,11H2,1-4H3. The minimum absolute atomic E-state index is 0.295. The summed E-state index contributed by atoms with van der Waals surface area (Å²) in [7, 11) is 0. The van der Waals surface area contributed by atoms with Crippen molar-refractivity contribution in [1.29, 1.82) is 0 Å². The summed E-state index contributed by atoms with van der Waals surface area (Å²) in [5.74, 6) is 0.295. The van der Waals surface area contributed by atoms with Gasteiger partial charge in [0.1, 0.15) is 0 Å². The quantitative estimate of drug-likeness (QED) is 0.467. The zero-order valence-corrected chi connectivity index (χ0v) is 10.7. The van der Waals surface area contributed by atoms with Gasteiger partial charge in [0, 0.05) is 19.5 Å². The van der Waals surface area contributed by atoms with Crippen molar-refractivity contribution in [1.82, 2.24) is 4.90 Å². The van der Waals surface area contributed by atoms with Crippen molar-refractivity contribution < 1.29 is 4.79 Å². The van der Waals surface area contributed by atoms with Crippen LogP contribution in [0.4, 0.5) is 0 Å². The predicted octanol–water partition coefficient (Wildman–Crippen LogP) is 3.38. The summed E-state index contributed by atoms with van der Waals surface area (Å²) in [4.78, 5) is 13.7. The molecule has 0 bridgehead atoms. The van der Waals surface area contributed by atoms with Crippen molar-refractivity contribution in [2.45, 2.75) is 53.4 Å². The van der Waals surface area contributed by atoms with E-state index in [2.05, 4.69) is 26.8 Å². The maximum Gasteiger partial charge on any atom is 0.222 e. The molecule has 2 heteroatoms. The van der Waals surface area contributed by atoms with Gasteiger partial charge in [-0.1, -0.05) is 31.4 Å². The van der Waals surface area contributed by atoms with Crippen molar-refractivity contribution in [2.75, 3.05) is 13.1 Å². The second-order valence-electron chi connectivity index (χ2n) is 4.17. The van der Waals surface area contributed by atoms with Crippen molar-refractivity contribution in [2.24, 2.45) is 0 Å². The molecule has 0 aliphatic rings. The van der Waals surface area contributed by atoms with E-state index in [4.69, 9.17) is 0 Å². The summed E-state index contributed by atoms with van der Waals surface area (Å²) in [6.07, 6.45) is 6.18. The minimum Gasteiger partial charge on any atom is -0.339 e. The Morgan fingerprint density at radius 3 is 2.33 bits per heavy atom. The number of likely N-dealkylation sites (N-methyl/N-ethyl adjacent to an activating group) is 1. The number of allylic oxidation sites excluding steroid dienone is 1. The fourth-order valence-electron chi connectivity index (χ4n) is 1.38. The summed E-state index contributed by atoms with van der Waals surface area (Å²) >= 11 is 0. The number of nitrogens with zero attached hydrogens (tertiary/aromatic N) is 1. The van der Waals surface area contributed by atoms with E-state index in [1.54, 1.807) is 0 Å². The SMILES string of the molecule is CCCCCC(=O)N(CC)CC=C(C)C. The molecule has 0 spiro atoms. The summed E-state index contributed by atoms with van der Waals surface area (Å²) in [5, 5.41) is 0. The van der Waals surface area contributed by atoms with Crippen molar-refractivity contribution >= 4 is 5.91 Å². The lowest BCUT2D eigenvalue weighted by Crippen LogP contribution is -2.30. The van der Waals surface area contributed by atoms with Crippen LogP contribution in [0.15, 0.2) is 11.6 Å². The molecular formula is C13H25NO. The minimum atomic E-state index is 0.295. The van der Waals surface area contributed by atoms with Crippen LogP contribution in [-0.2, 0) is 4.79 Å². The van der Waals surface area contributed by atoms with Crippen molar-refractivity contribution in [3.05, 3.63) is 11.6 Å². The van der Waals surface area contributed by atoms with E-state index in [-0.39, 0.29) is 0 Å². The zero-order valence-electron chi connectivity index (χ0n) is 10.7.